The van der Waals surface area contributed by atoms with Gasteiger partial charge in [-0.1, -0.05) is 0 Å². The fraction of sp³-hybridized carbons (Fsp3) is 0. The monoisotopic (exact) mass is 327 g/mol. The van der Waals surface area contributed by atoms with Gasteiger partial charge in [0.15, 0.2) is 0 Å². The zero-order valence-electron chi connectivity index (χ0n) is 8.35. The molecule has 82 valence electrons. The van der Waals surface area contributed by atoms with Crippen LogP contribution in [-0.2, 0) is 0 Å². The number of rotatable bonds is 2. The van der Waals surface area contributed by atoms with Crippen molar-refractivity contribution in [2.24, 2.45) is 0 Å². The smallest absolute Gasteiger partial charge is 0.140 e. The van der Waals surface area contributed by atoms with Gasteiger partial charge < -0.3 is 15.6 Å². The second-order valence-corrected chi connectivity index (χ2v) is 4.45. The summed E-state index contributed by atoms with van der Waals surface area (Å²) in [6, 6.07) is 12.0. The Labute approximate surface area is 107 Å². The number of nitrogens with two attached hydrogens (primary N) is 1. The number of hydrogen-bond donors (Lipinski definition) is 2. The molecule has 0 saturated heterocycles. The third-order valence-electron chi connectivity index (χ3n) is 2.02. The average molecular weight is 327 g/mol. The van der Waals surface area contributed by atoms with Crippen LogP contribution in [0.4, 0.5) is 5.69 Å². The molecule has 0 amide bonds. The minimum absolute atomic E-state index is 0.222. The zero-order chi connectivity index (χ0) is 11.5. The largest absolute Gasteiger partial charge is 0.508 e. The van der Waals surface area contributed by atoms with Crippen molar-refractivity contribution in [1.82, 2.24) is 0 Å². The number of phenols is 1. The third kappa shape index (κ3) is 2.57. The molecule has 0 spiro atoms. The molecule has 0 unspecified atom stereocenters. The van der Waals surface area contributed by atoms with Crippen molar-refractivity contribution in [2.75, 3.05) is 5.73 Å². The van der Waals surface area contributed by atoms with Crippen LogP contribution in [0, 0.1) is 3.57 Å². The lowest BCUT2D eigenvalue weighted by Crippen LogP contribution is -1.90. The summed E-state index contributed by atoms with van der Waals surface area (Å²) in [5.41, 5.74) is 6.36. The van der Waals surface area contributed by atoms with E-state index in [0.717, 1.165) is 9.32 Å². The topological polar surface area (TPSA) is 55.5 Å². The molecule has 0 atom stereocenters. The number of benzene rings is 2. The maximum Gasteiger partial charge on any atom is 0.140 e. The molecule has 0 aromatic heterocycles. The number of nitrogen functional groups attached to an aromatic ring is 1. The maximum atomic E-state index is 9.14. The van der Waals surface area contributed by atoms with E-state index in [4.69, 9.17) is 15.6 Å². The van der Waals surface area contributed by atoms with Crippen LogP contribution in [0.2, 0.25) is 0 Å². The van der Waals surface area contributed by atoms with E-state index >= 15 is 0 Å². The molecule has 2 aromatic carbocycles. The summed E-state index contributed by atoms with van der Waals surface area (Å²) < 4.78 is 6.59. The first kappa shape index (κ1) is 11.1. The lowest BCUT2D eigenvalue weighted by atomic mass is 10.3. The molecule has 2 rings (SSSR count). The summed E-state index contributed by atoms with van der Waals surface area (Å²) in [6.07, 6.45) is 0. The van der Waals surface area contributed by atoms with Crippen molar-refractivity contribution in [3.63, 3.8) is 0 Å². The third-order valence-corrected chi connectivity index (χ3v) is 2.86. The number of aromatic hydroxyl groups is 1. The molecule has 0 heterocycles. The summed E-state index contributed by atoms with van der Waals surface area (Å²) in [5, 5.41) is 9.14. The van der Waals surface area contributed by atoms with Gasteiger partial charge in [-0.25, -0.2) is 0 Å². The van der Waals surface area contributed by atoms with Gasteiger partial charge in [0.1, 0.15) is 17.2 Å². The molecular formula is C12H10INO2. The van der Waals surface area contributed by atoms with Crippen LogP contribution < -0.4 is 10.5 Å². The SMILES string of the molecule is Nc1ccc(Oc2ccc(O)cc2)c(I)c1. The second-order valence-electron chi connectivity index (χ2n) is 3.29. The molecule has 0 fully saturated rings. The van der Waals surface area contributed by atoms with Gasteiger partial charge in [0, 0.05) is 5.69 Å². The average Bonchev–Trinajstić information content (AvgIpc) is 2.25. The van der Waals surface area contributed by atoms with Crippen molar-refractivity contribution in [1.29, 1.82) is 0 Å². The van der Waals surface area contributed by atoms with Gasteiger partial charge in [-0.2, -0.15) is 0 Å². The number of halogens is 1. The van der Waals surface area contributed by atoms with Crippen molar-refractivity contribution < 1.29 is 9.84 Å². The van der Waals surface area contributed by atoms with Crippen LogP contribution in [0.5, 0.6) is 17.2 Å². The fourth-order valence-electron chi connectivity index (χ4n) is 1.24. The van der Waals surface area contributed by atoms with E-state index in [2.05, 4.69) is 22.6 Å². The Kier molecular flexibility index (Phi) is 3.19. The number of ether oxygens (including phenoxy) is 1. The highest BCUT2D eigenvalue weighted by Crippen LogP contribution is 2.28. The van der Waals surface area contributed by atoms with Crippen LogP contribution in [-0.4, -0.2) is 5.11 Å². The van der Waals surface area contributed by atoms with E-state index in [1.807, 2.05) is 12.1 Å². The molecule has 3 N–H and O–H groups in total. The summed E-state index contributed by atoms with van der Waals surface area (Å²) in [6.45, 7) is 0. The highest BCUT2D eigenvalue weighted by atomic mass is 127. The molecule has 0 aliphatic carbocycles. The summed E-state index contributed by atoms with van der Waals surface area (Å²) in [7, 11) is 0. The van der Waals surface area contributed by atoms with Gasteiger partial charge in [0.05, 0.1) is 3.57 Å². The number of anilines is 1. The minimum atomic E-state index is 0.222. The predicted molar refractivity (Wildman–Crippen MR) is 71.8 cm³/mol. The second kappa shape index (κ2) is 4.61. The van der Waals surface area contributed by atoms with E-state index in [9.17, 15) is 0 Å². The molecule has 4 heteroatoms. The molecule has 16 heavy (non-hydrogen) atoms. The van der Waals surface area contributed by atoms with E-state index in [0.29, 0.717) is 11.4 Å². The quantitative estimate of drug-likeness (QED) is 0.657. The molecule has 0 bridgehead atoms. The van der Waals surface area contributed by atoms with Crippen LogP contribution in [0.1, 0.15) is 0 Å². The molecule has 3 nitrogen and oxygen atoms in total. The van der Waals surface area contributed by atoms with Gasteiger partial charge in [-0.3, -0.25) is 0 Å². The molecule has 0 saturated carbocycles. The van der Waals surface area contributed by atoms with Gasteiger partial charge in [0.25, 0.3) is 0 Å². The molecule has 2 aromatic rings. The Bertz CT molecular complexity index is 497. The van der Waals surface area contributed by atoms with Crippen LogP contribution in [0.15, 0.2) is 42.5 Å². The lowest BCUT2D eigenvalue weighted by Gasteiger charge is -2.08. The van der Waals surface area contributed by atoms with Gasteiger partial charge in [-0.05, 0) is 65.1 Å². The normalized spacial score (nSPS) is 10.1. The Morgan fingerprint density at radius 2 is 1.75 bits per heavy atom. The van der Waals surface area contributed by atoms with Crippen molar-refractivity contribution in [3.05, 3.63) is 46.0 Å². The Morgan fingerprint density at radius 1 is 1.06 bits per heavy atom. The highest BCUT2D eigenvalue weighted by molar-refractivity contribution is 14.1. The summed E-state index contributed by atoms with van der Waals surface area (Å²) in [5.74, 6) is 1.65. The zero-order valence-corrected chi connectivity index (χ0v) is 10.5. The molecule has 0 aliphatic rings. The Balaban J connectivity index is 2.23. The molecule has 0 radical (unpaired) electrons. The van der Waals surface area contributed by atoms with E-state index < -0.39 is 0 Å². The predicted octanol–water partition coefficient (Wildman–Crippen LogP) is 3.37. The summed E-state index contributed by atoms with van der Waals surface area (Å²) in [4.78, 5) is 0. The van der Waals surface area contributed by atoms with Crippen LogP contribution in [0.25, 0.3) is 0 Å². The minimum Gasteiger partial charge on any atom is -0.508 e. The van der Waals surface area contributed by atoms with Crippen LogP contribution in [0.3, 0.4) is 0 Å². The first-order chi connectivity index (χ1) is 7.65. The van der Waals surface area contributed by atoms with Crippen molar-refractivity contribution >= 4 is 28.3 Å². The number of hydrogen-bond acceptors (Lipinski definition) is 3. The standard InChI is InChI=1S/C12H10INO2/c13-11-7-8(14)1-6-12(11)16-10-4-2-9(15)3-5-10/h1-7,15H,14H2. The lowest BCUT2D eigenvalue weighted by molar-refractivity contribution is 0.463. The fourth-order valence-corrected chi connectivity index (χ4v) is 1.89. The van der Waals surface area contributed by atoms with Gasteiger partial charge in [-0.15, -0.1) is 0 Å². The maximum absolute atomic E-state index is 9.14. The summed E-state index contributed by atoms with van der Waals surface area (Å²) >= 11 is 2.17. The van der Waals surface area contributed by atoms with E-state index in [1.165, 1.54) is 0 Å². The van der Waals surface area contributed by atoms with Gasteiger partial charge in [0.2, 0.25) is 0 Å². The highest BCUT2D eigenvalue weighted by Gasteiger charge is 2.02. The van der Waals surface area contributed by atoms with Crippen LogP contribution >= 0.6 is 22.6 Å². The van der Waals surface area contributed by atoms with E-state index in [-0.39, 0.29) is 5.75 Å². The Hall–Kier alpha value is -1.43. The Morgan fingerprint density at radius 3 is 2.38 bits per heavy atom. The first-order valence-electron chi connectivity index (χ1n) is 4.67. The number of phenolic OH excluding ortho intramolecular Hbond substituents is 1. The first-order valence-corrected chi connectivity index (χ1v) is 5.75. The molecular weight excluding hydrogens is 317 g/mol. The molecule has 0 aliphatic heterocycles. The van der Waals surface area contributed by atoms with Crippen molar-refractivity contribution in [3.8, 4) is 17.2 Å². The van der Waals surface area contributed by atoms with E-state index in [1.54, 1.807) is 30.3 Å². The van der Waals surface area contributed by atoms with Gasteiger partial charge >= 0.3 is 0 Å². The van der Waals surface area contributed by atoms with Crippen molar-refractivity contribution in [2.45, 2.75) is 0 Å².